The van der Waals surface area contributed by atoms with E-state index in [4.69, 9.17) is 0 Å². The fraction of sp³-hybridized carbons (Fsp3) is 0.632. The van der Waals surface area contributed by atoms with Crippen LogP contribution >= 0.6 is 0 Å². The van der Waals surface area contributed by atoms with E-state index < -0.39 is 0 Å². The van der Waals surface area contributed by atoms with Crippen LogP contribution in [0, 0.1) is 0 Å². The third-order valence-electron chi connectivity index (χ3n) is 4.57. The van der Waals surface area contributed by atoms with Gasteiger partial charge in [-0.1, -0.05) is 26.8 Å². The van der Waals surface area contributed by atoms with Crippen LogP contribution in [0.25, 0.3) is 0 Å². The van der Waals surface area contributed by atoms with Crippen molar-refractivity contribution in [1.82, 2.24) is 19.7 Å². The Morgan fingerprint density at radius 1 is 1.00 bits per heavy atom. The molecule has 0 spiro atoms. The molecule has 0 saturated carbocycles. The number of hydrogen-bond donors (Lipinski definition) is 0. The first-order valence-electron chi connectivity index (χ1n) is 9.38. The summed E-state index contributed by atoms with van der Waals surface area (Å²) in [5.41, 5.74) is 0.726. The van der Waals surface area contributed by atoms with Crippen molar-refractivity contribution in [1.29, 1.82) is 0 Å². The molecule has 1 aliphatic rings. The summed E-state index contributed by atoms with van der Waals surface area (Å²) in [7, 11) is 0. The molecule has 0 N–H and O–H groups in total. The van der Waals surface area contributed by atoms with Gasteiger partial charge in [-0.25, -0.2) is 4.98 Å². The first-order valence-corrected chi connectivity index (χ1v) is 9.38. The van der Waals surface area contributed by atoms with Gasteiger partial charge >= 0.3 is 0 Å². The Kier molecular flexibility index (Phi) is 7.37. The average molecular weight is 346 g/mol. The summed E-state index contributed by atoms with van der Waals surface area (Å²) < 4.78 is 0. The Morgan fingerprint density at radius 2 is 1.60 bits per heavy atom. The van der Waals surface area contributed by atoms with E-state index in [0.29, 0.717) is 37.6 Å². The minimum absolute atomic E-state index is 0.0806. The fourth-order valence-electron chi connectivity index (χ4n) is 3.12. The van der Waals surface area contributed by atoms with Crippen LogP contribution in [-0.2, 0) is 0 Å². The van der Waals surface area contributed by atoms with Gasteiger partial charge in [-0.05, 0) is 31.5 Å². The van der Waals surface area contributed by atoms with Gasteiger partial charge in [0.05, 0.1) is 0 Å². The molecule has 2 rings (SSSR count). The normalized spacial score (nSPS) is 15.2. The molecule has 6 nitrogen and oxygen atoms in total. The zero-order chi connectivity index (χ0) is 18.2. The van der Waals surface area contributed by atoms with Crippen molar-refractivity contribution >= 4 is 11.8 Å². The minimum atomic E-state index is -0.0887. The molecule has 0 aliphatic carbocycles. The van der Waals surface area contributed by atoms with Crippen LogP contribution < -0.4 is 0 Å². The molecule has 1 aromatic heterocycles. The number of carbonyl (C=O) groups is 2. The second kappa shape index (κ2) is 9.51. The Balaban J connectivity index is 2.09. The summed E-state index contributed by atoms with van der Waals surface area (Å²) in [6, 6.07) is 5.16. The van der Waals surface area contributed by atoms with E-state index in [1.165, 1.54) is 0 Å². The highest BCUT2D eigenvalue weighted by molar-refractivity contribution is 5.96. The maximum atomic E-state index is 12.7. The monoisotopic (exact) mass is 346 g/mol. The summed E-state index contributed by atoms with van der Waals surface area (Å²) in [6.45, 7) is 11.9. The van der Waals surface area contributed by atoms with Gasteiger partial charge in [0.2, 0.25) is 0 Å². The molecule has 138 valence electrons. The number of pyridine rings is 1. The van der Waals surface area contributed by atoms with Crippen molar-refractivity contribution in [2.24, 2.45) is 0 Å². The quantitative estimate of drug-likeness (QED) is 0.759. The molecule has 25 heavy (non-hydrogen) atoms. The van der Waals surface area contributed by atoms with Crippen LogP contribution in [0.2, 0.25) is 0 Å². The molecule has 6 heteroatoms. The summed E-state index contributed by atoms with van der Waals surface area (Å²) in [4.78, 5) is 35.7. The second-order valence-corrected chi connectivity index (χ2v) is 6.43. The minimum Gasteiger partial charge on any atom is -0.337 e. The van der Waals surface area contributed by atoms with Crippen LogP contribution in [0.15, 0.2) is 18.2 Å². The number of aromatic nitrogens is 1. The van der Waals surface area contributed by atoms with Crippen molar-refractivity contribution in [3.8, 4) is 0 Å². The zero-order valence-electron chi connectivity index (χ0n) is 15.7. The molecule has 0 atom stereocenters. The van der Waals surface area contributed by atoms with Crippen molar-refractivity contribution in [3.63, 3.8) is 0 Å². The number of nitrogens with zero attached hydrogens (tertiary/aromatic N) is 4. The highest BCUT2D eigenvalue weighted by Crippen LogP contribution is 2.10. The fourth-order valence-corrected chi connectivity index (χ4v) is 3.12. The molecule has 0 aromatic carbocycles. The lowest BCUT2D eigenvalue weighted by atomic mass is 10.2. The first-order chi connectivity index (χ1) is 12.1. The second-order valence-electron chi connectivity index (χ2n) is 6.43. The summed E-state index contributed by atoms with van der Waals surface area (Å²) in [6.07, 6.45) is 1.82. The average Bonchev–Trinajstić information content (AvgIpc) is 2.67. The lowest BCUT2D eigenvalue weighted by molar-refractivity contribution is 0.0637. The van der Waals surface area contributed by atoms with Gasteiger partial charge in [0.1, 0.15) is 11.4 Å². The predicted octanol–water partition coefficient (Wildman–Crippen LogP) is 2.12. The van der Waals surface area contributed by atoms with Crippen LogP contribution in [-0.4, -0.2) is 77.3 Å². The van der Waals surface area contributed by atoms with Gasteiger partial charge in [0, 0.05) is 39.3 Å². The lowest BCUT2D eigenvalue weighted by Gasteiger charge is -2.33. The van der Waals surface area contributed by atoms with Crippen LogP contribution in [0.1, 0.15) is 54.6 Å². The van der Waals surface area contributed by atoms with Crippen molar-refractivity contribution in [3.05, 3.63) is 29.6 Å². The number of piperazine rings is 1. The predicted molar refractivity (Wildman–Crippen MR) is 98.7 cm³/mol. The van der Waals surface area contributed by atoms with Crippen molar-refractivity contribution in [2.45, 2.75) is 33.6 Å². The largest absolute Gasteiger partial charge is 0.337 e. The molecule has 0 radical (unpaired) electrons. The highest BCUT2D eigenvalue weighted by atomic mass is 16.2. The molecular formula is C19H30N4O2. The van der Waals surface area contributed by atoms with Crippen LogP contribution in [0.3, 0.4) is 0 Å². The number of hydrogen-bond acceptors (Lipinski definition) is 4. The molecule has 2 heterocycles. The third-order valence-corrected chi connectivity index (χ3v) is 4.57. The first kappa shape index (κ1) is 19.4. The van der Waals surface area contributed by atoms with Gasteiger partial charge < -0.3 is 14.7 Å². The maximum absolute atomic E-state index is 12.7. The summed E-state index contributed by atoms with van der Waals surface area (Å²) in [5, 5.41) is 0. The van der Waals surface area contributed by atoms with E-state index in [0.717, 1.165) is 32.5 Å². The van der Waals surface area contributed by atoms with Gasteiger partial charge in [-0.3, -0.25) is 9.59 Å². The van der Waals surface area contributed by atoms with E-state index in [1.807, 2.05) is 9.80 Å². The van der Waals surface area contributed by atoms with Crippen LogP contribution in [0.5, 0.6) is 0 Å². The lowest BCUT2D eigenvalue weighted by Crippen LogP contribution is -2.48. The number of carbonyl (C=O) groups excluding carboxylic acids is 2. The van der Waals surface area contributed by atoms with Gasteiger partial charge in [-0.2, -0.15) is 0 Å². The Morgan fingerprint density at radius 3 is 2.16 bits per heavy atom. The van der Waals surface area contributed by atoms with E-state index in [1.54, 1.807) is 18.2 Å². The van der Waals surface area contributed by atoms with Gasteiger partial charge in [-0.15, -0.1) is 0 Å². The van der Waals surface area contributed by atoms with Crippen molar-refractivity contribution < 1.29 is 9.59 Å². The molecule has 2 amide bonds. The third kappa shape index (κ3) is 5.01. The van der Waals surface area contributed by atoms with E-state index >= 15 is 0 Å². The van der Waals surface area contributed by atoms with Gasteiger partial charge in [0.25, 0.3) is 11.8 Å². The molecule has 0 unspecified atom stereocenters. The summed E-state index contributed by atoms with van der Waals surface area (Å²) in [5.74, 6) is -0.169. The number of rotatable bonds is 7. The van der Waals surface area contributed by atoms with E-state index in [9.17, 15) is 9.59 Å². The summed E-state index contributed by atoms with van der Waals surface area (Å²) >= 11 is 0. The molecule has 1 aliphatic heterocycles. The molecule has 1 aromatic rings. The maximum Gasteiger partial charge on any atom is 0.272 e. The topological polar surface area (TPSA) is 56.8 Å². The van der Waals surface area contributed by atoms with Crippen molar-refractivity contribution in [2.75, 3.05) is 45.8 Å². The Labute approximate surface area is 150 Å². The van der Waals surface area contributed by atoms with Crippen LogP contribution in [0.4, 0.5) is 0 Å². The SMILES string of the molecule is CCCN(CCC)C(=O)c1cccc(C(=O)N2CCN(CC)CC2)n1. The van der Waals surface area contributed by atoms with Gasteiger partial charge in [0.15, 0.2) is 0 Å². The van der Waals surface area contributed by atoms with E-state index in [2.05, 4.69) is 30.7 Å². The number of amides is 2. The standard InChI is InChI=1S/C19H30N4O2/c1-4-10-22(11-5-2)18(24)16-8-7-9-17(20-16)19(25)23-14-12-21(6-3)13-15-23/h7-9H,4-6,10-15H2,1-3H3. The zero-order valence-corrected chi connectivity index (χ0v) is 15.7. The highest BCUT2D eigenvalue weighted by Gasteiger charge is 2.23. The van der Waals surface area contributed by atoms with E-state index in [-0.39, 0.29) is 11.8 Å². The Hall–Kier alpha value is -1.95. The molecule has 1 saturated heterocycles. The Bertz CT molecular complexity index is 577. The number of likely N-dealkylation sites (N-methyl/N-ethyl adjacent to an activating group) is 1. The molecule has 1 fully saturated rings. The molecule has 0 bridgehead atoms. The molecular weight excluding hydrogens is 316 g/mol. The smallest absolute Gasteiger partial charge is 0.272 e.